The van der Waals surface area contributed by atoms with Gasteiger partial charge in [-0.3, -0.25) is 0 Å². The van der Waals surface area contributed by atoms with Gasteiger partial charge in [0, 0.05) is 5.02 Å². The van der Waals surface area contributed by atoms with Crippen molar-refractivity contribution in [1.29, 1.82) is 0 Å². The number of benzene rings is 1. The molecule has 0 atom stereocenters. The van der Waals surface area contributed by atoms with Gasteiger partial charge in [0.05, 0.1) is 11.4 Å². The highest BCUT2D eigenvalue weighted by Crippen LogP contribution is 2.28. The molecule has 0 aliphatic heterocycles. The minimum absolute atomic E-state index is 0.0514. The highest BCUT2D eigenvalue weighted by molar-refractivity contribution is 7.13. The van der Waals surface area contributed by atoms with E-state index in [1.165, 1.54) is 11.3 Å². The number of aromatic carboxylic acids is 1. The fraction of sp³-hybridized carbons (Fsp3) is 0.0714. The third-order valence-electron chi connectivity index (χ3n) is 2.97. The highest BCUT2D eigenvalue weighted by atomic mass is 35.5. The Labute approximate surface area is 129 Å². The smallest absolute Gasteiger partial charge is 0.358 e. The molecule has 0 unspecified atom stereocenters. The third kappa shape index (κ3) is 2.68. The molecule has 0 spiro atoms. The van der Waals surface area contributed by atoms with Gasteiger partial charge >= 0.3 is 5.97 Å². The fourth-order valence-electron chi connectivity index (χ4n) is 2.01. The van der Waals surface area contributed by atoms with Gasteiger partial charge in [0.15, 0.2) is 5.69 Å². The van der Waals surface area contributed by atoms with E-state index in [2.05, 4.69) is 10.3 Å². The molecule has 0 radical (unpaired) electrons. The zero-order valence-corrected chi connectivity index (χ0v) is 12.3. The second kappa shape index (κ2) is 5.67. The van der Waals surface area contributed by atoms with Crippen molar-refractivity contribution < 1.29 is 9.90 Å². The molecule has 0 amide bonds. The number of aromatic nitrogens is 3. The van der Waals surface area contributed by atoms with Crippen LogP contribution in [0.2, 0.25) is 5.02 Å². The average Bonchev–Trinajstić information content (AvgIpc) is 3.09. The molecule has 0 bridgehead atoms. The van der Waals surface area contributed by atoms with Crippen molar-refractivity contribution in [3.8, 4) is 10.6 Å². The van der Waals surface area contributed by atoms with Crippen molar-refractivity contribution in [1.82, 2.24) is 15.0 Å². The Morgan fingerprint density at radius 3 is 2.76 bits per heavy atom. The van der Waals surface area contributed by atoms with Crippen molar-refractivity contribution >= 4 is 28.9 Å². The summed E-state index contributed by atoms with van der Waals surface area (Å²) in [7, 11) is 0. The van der Waals surface area contributed by atoms with Gasteiger partial charge in [-0.25, -0.2) is 9.48 Å². The molecule has 0 saturated carbocycles. The number of carbonyl (C=O) groups is 1. The molecule has 3 rings (SSSR count). The first-order valence-electron chi connectivity index (χ1n) is 6.11. The van der Waals surface area contributed by atoms with Crippen LogP contribution in [0.4, 0.5) is 0 Å². The Hall–Kier alpha value is -2.18. The van der Waals surface area contributed by atoms with E-state index in [-0.39, 0.29) is 5.69 Å². The first kappa shape index (κ1) is 13.8. The maximum Gasteiger partial charge on any atom is 0.358 e. The lowest BCUT2D eigenvalue weighted by Gasteiger charge is -2.07. The van der Waals surface area contributed by atoms with Gasteiger partial charge in [-0.2, -0.15) is 0 Å². The number of rotatable bonds is 4. The van der Waals surface area contributed by atoms with Crippen molar-refractivity contribution in [2.45, 2.75) is 6.54 Å². The van der Waals surface area contributed by atoms with Crippen LogP contribution >= 0.6 is 22.9 Å². The molecule has 1 N–H and O–H groups in total. The van der Waals surface area contributed by atoms with Crippen molar-refractivity contribution in [2.75, 3.05) is 0 Å². The SMILES string of the molecule is O=C(O)c1nnn(Cc2ccccc2Cl)c1-c1cccs1. The summed E-state index contributed by atoms with van der Waals surface area (Å²) in [6, 6.07) is 11.1. The van der Waals surface area contributed by atoms with Gasteiger partial charge in [0.1, 0.15) is 5.69 Å². The molecule has 0 saturated heterocycles. The molecule has 7 heteroatoms. The molecule has 1 aromatic carbocycles. The lowest BCUT2D eigenvalue weighted by molar-refractivity contribution is 0.0691. The van der Waals surface area contributed by atoms with Crippen molar-refractivity contribution in [3.05, 3.63) is 58.1 Å². The van der Waals surface area contributed by atoms with Gasteiger partial charge in [-0.1, -0.05) is 41.1 Å². The topological polar surface area (TPSA) is 68.0 Å². The Balaban J connectivity index is 2.08. The first-order chi connectivity index (χ1) is 10.2. The summed E-state index contributed by atoms with van der Waals surface area (Å²) in [5.74, 6) is -1.09. The van der Waals surface area contributed by atoms with Crippen LogP contribution in [-0.2, 0) is 6.54 Å². The lowest BCUT2D eigenvalue weighted by Crippen LogP contribution is -2.05. The standard InChI is InChI=1S/C14H10ClN3O2S/c15-10-5-2-1-4-9(10)8-18-13(11-6-3-7-21-11)12(14(19)20)16-17-18/h1-7H,8H2,(H,19,20). The molecule has 0 aliphatic carbocycles. The number of hydrogen-bond donors (Lipinski definition) is 1. The molecule has 5 nitrogen and oxygen atoms in total. The predicted octanol–water partition coefficient (Wildman–Crippen LogP) is 3.41. The number of halogens is 1. The first-order valence-corrected chi connectivity index (χ1v) is 7.36. The van der Waals surface area contributed by atoms with Gasteiger partial charge < -0.3 is 5.11 Å². The van der Waals surface area contributed by atoms with Gasteiger partial charge in [-0.05, 0) is 23.1 Å². The van der Waals surface area contributed by atoms with Crippen LogP contribution in [0.3, 0.4) is 0 Å². The number of carboxylic acids is 1. The summed E-state index contributed by atoms with van der Waals surface area (Å²) < 4.78 is 1.57. The van der Waals surface area contributed by atoms with E-state index in [9.17, 15) is 9.90 Å². The number of nitrogens with zero attached hydrogens (tertiary/aromatic N) is 3. The Kier molecular flexibility index (Phi) is 3.72. The normalized spacial score (nSPS) is 10.7. The van der Waals surface area contributed by atoms with Gasteiger partial charge in [0.25, 0.3) is 0 Å². The lowest BCUT2D eigenvalue weighted by atomic mass is 10.2. The molecule has 0 aliphatic rings. The zero-order chi connectivity index (χ0) is 14.8. The number of carboxylic acid groups (broad SMARTS) is 1. The predicted molar refractivity (Wildman–Crippen MR) is 80.8 cm³/mol. The van der Waals surface area contributed by atoms with E-state index in [0.29, 0.717) is 17.3 Å². The molecule has 3 aromatic rings. The maximum absolute atomic E-state index is 11.3. The van der Waals surface area contributed by atoms with Crippen LogP contribution in [0.1, 0.15) is 16.1 Å². The maximum atomic E-state index is 11.3. The third-order valence-corrected chi connectivity index (χ3v) is 4.22. The molecular weight excluding hydrogens is 310 g/mol. The summed E-state index contributed by atoms with van der Waals surface area (Å²) in [5, 5.41) is 19.5. The molecular formula is C14H10ClN3O2S. The van der Waals surface area contributed by atoms with Crippen LogP contribution in [0.5, 0.6) is 0 Å². The molecule has 2 heterocycles. The van der Waals surface area contributed by atoms with E-state index >= 15 is 0 Å². The largest absolute Gasteiger partial charge is 0.476 e. The summed E-state index contributed by atoms with van der Waals surface area (Å²) in [6.07, 6.45) is 0. The van der Waals surface area contributed by atoms with Crippen LogP contribution in [-0.4, -0.2) is 26.1 Å². The molecule has 0 fully saturated rings. The fourth-order valence-corrected chi connectivity index (χ4v) is 2.98. The van der Waals surface area contributed by atoms with E-state index in [4.69, 9.17) is 11.6 Å². The van der Waals surface area contributed by atoms with Gasteiger partial charge in [0.2, 0.25) is 0 Å². The summed E-state index contributed by atoms with van der Waals surface area (Å²) in [6.45, 7) is 0.368. The van der Waals surface area contributed by atoms with E-state index < -0.39 is 5.97 Å². The molecule has 21 heavy (non-hydrogen) atoms. The Morgan fingerprint density at radius 2 is 2.10 bits per heavy atom. The second-order valence-electron chi connectivity index (χ2n) is 4.32. The second-order valence-corrected chi connectivity index (χ2v) is 5.67. The average molecular weight is 320 g/mol. The van der Waals surface area contributed by atoms with E-state index in [1.54, 1.807) is 10.7 Å². The minimum atomic E-state index is -1.09. The Bertz CT molecular complexity index is 783. The van der Waals surface area contributed by atoms with Crippen molar-refractivity contribution in [2.24, 2.45) is 0 Å². The van der Waals surface area contributed by atoms with Crippen molar-refractivity contribution in [3.63, 3.8) is 0 Å². The summed E-state index contributed by atoms with van der Waals surface area (Å²) >= 11 is 7.59. The van der Waals surface area contributed by atoms with Gasteiger partial charge in [-0.15, -0.1) is 16.4 Å². The van der Waals surface area contributed by atoms with Crippen LogP contribution in [0.25, 0.3) is 10.6 Å². The van der Waals surface area contributed by atoms with E-state index in [0.717, 1.165) is 10.4 Å². The number of thiophene rings is 1. The Morgan fingerprint density at radius 1 is 1.29 bits per heavy atom. The highest BCUT2D eigenvalue weighted by Gasteiger charge is 2.21. The molecule has 106 valence electrons. The quantitative estimate of drug-likeness (QED) is 0.800. The summed E-state index contributed by atoms with van der Waals surface area (Å²) in [4.78, 5) is 12.1. The minimum Gasteiger partial charge on any atom is -0.476 e. The monoisotopic (exact) mass is 319 g/mol. The van der Waals surface area contributed by atoms with Crippen LogP contribution < -0.4 is 0 Å². The van der Waals surface area contributed by atoms with Crippen LogP contribution in [0.15, 0.2) is 41.8 Å². The van der Waals surface area contributed by atoms with Crippen LogP contribution in [0, 0.1) is 0 Å². The van der Waals surface area contributed by atoms with E-state index in [1.807, 2.05) is 35.7 Å². The molecule has 2 aromatic heterocycles. The zero-order valence-electron chi connectivity index (χ0n) is 10.7. The summed E-state index contributed by atoms with van der Waals surface area (Å²) in [5.41, 5.74) is 1.31. The number of hydrogen-bond acceptors (Lipinski definition) is 4.